The second kappa shape index (κ2) is 13.2. The van der Waals surface area contributed by atoms with E-state index in [2.05, 4.69) is 5.32 Å². The Kier molecular flexibility index (Phi) is 10.2. The molecule has 0 aromatic heterocycles. The number of anilines is 1. The van der Waals surface area contributed by atoms with Gasteiger partial charge in [0.25, 0.3) is 10.0 Å². The fraction of sp³-hybridized carbons (Fsp3) is 0.333. The first-order valence-corrected chi connectivity index (χ1v) is 14.8. The van der Waals surface area contributed by atoms with Gasteiger partial charge in [0.2, 0.25) is 11.8 Å². The highest BCUT2D eigenvalue weighted by Crippen LogP contribution is 2.33. The Hall–Kier alpha value is -3.56. The Morgan fingerprint density at radius 3 is 2.17 bits per heavy atom. The number of benzene rings is 3. The maximum atomic E-state index is 14.1. The van der Waals surface area contributed by atoms with Crippen molar-refractivity contribution in [1.82, 2.24) is 10.2 Å². The summed E-state index contributed by atoms with van der Waals surface area (Å²) in [6.07, 6.45) is 0. The van der Waals surface area contributed by atoms with Crippen LogP contribution in [-0.4, -0.2) is 49.9 Å². The lowest BCUT2D eigenvalue weighted by Gasteiger charge is -2.34. The lowest BCUT2D eigenvalue weighted by molar-refractivity contribution is -0.140. The van der Waals surface area contributed by atoms with Gasteiger partial charge in [-0.3, -0.25) is 13.9 Å². The maximum absolute atomic E-state index is 14.1. The standard InChI is InChI=1S/C30H36ClN3O5S/c1-6-39-27-19-13-12-18-26(27)34(40(37,38)24-15-8-7-9-16-24)21-28(35)33(20-23-14-10-11-17-25(23)31)22(2)29(36)32-30(3,4)5/h7-19,22H,6,20-21H2,1-5H3,(H,32,36)/t22-/m1/s1. The second-order valence-corrected chi connectivity index (χ2v) is 12.5. The molecule has 3 rings (SSSR count). The van der Waals surface area contributed by atoms with Crippen molar-refractivity contribution in [3.63, 3.8) is 0 Å². The Morgan fingerprint density at radius 2 is 1.55 bits per heavy atom. The normalized spacial score (nSPS) is 12.3. The number of carbonyl (C=O) groups is 2. The molecule has 0 bridgehead atoms. The van der Waals surface area contributed by atoms with Crippen LogP contribution in [0.15, 0.2) is 83.8 Å². The summed E-state index contributed by atoms with van der Waals surface area (Å²) in [5, 5.41) is 3.33. The first-order valence-electron chi connectivity index (χ1n) is 13.0. The zero-order chi connectivity index (χ0) is 29.5. The van der Waals surface area contributed by atoms with Gasteiger partial charge in [-0.15, -0.1) is 0 Å². The van der Waals surface area contributed by atoms with Crippen LogP contribution in [0.1, 0.15) is 40.2 Å². The largest absolute Gasteiger partial charge is 0.492 e. The Morgan fingerprint density at radius 1 is 0.950 bits per heavy atom. The van der Waals surface area contributed by atoms with E-state index in [9.17, 15) is 18.0 Å². The number of amides is 2. The summed E-state index contributed by atoms with van der Waals surface area (Å²) in [5.74, 6) is -0.643. The Labute approximate surface area is 241 Å². The van der Waals surface area contributed by atoms with Crippen LogP contribution in [0.25, 0.3) is 0 Å². The van der Waals surface area contributed by atoms with Crippen LogP contribution >= 0.6 is 11.6 Å². The van der Waals surface area contributed by atoms with Gasteiger partial charge >= 0.3 is 0 Å². The summed E-state index contributed by atoms with van der Waals surface area (Å²) in [6, 6.07) is 20.6. The quantitative estimate of drug-likeness (QED) is 0.331. The second-order valence-electron chi connectivity index (χ2n) is 10.3. The summed E-state index contributed by atoms with van der Waals surface area (Å²) in [7, 11) is -4.20. The van der Waals surface area contributed by atoms with Crippen LogP contribution in [0, 0.1) is 0 Å². The highest BCUT2D eigenvalue weighted by molar-refractivity contribution is 7.92. The third-order valence-electron chi connectivity index (χ3n) is 6.01. The molecule has 0 radical (unpaired) electrons. The number of halogens is 1. The summed E-state index contributed by atoms with van der Waals surface area (Å²) in [4.78, 5) is 28.6. The van der Waals surface area contributed by atoms with E-state index in [1.807, 2.05) is 20.8 Å². The van der Waals surface area contributed by atoms with Gasteiger partial charge in [-0.05, 0) is 70.5 Å². The van der Waals surface area contributed by atoms with Crippen LogP contribution < -0.4 is 14.4 Å². The van der Waals surface area contributed by atoms with E-state index in [0.717, 1.165) is 4.31 Å². The van der Waals surface area contributed by atoms with Crippen molar-refractivity contribution in [3.8, 4) is 5.75 Å². The number of nitrogens with one attached hydrogen (secondary N) is 1. The number of ether oxygens (including phenoxy) is 1. The molecule has 0 aliphatic rings. The van der Waals surface area contributed by atoms with Gasteiger partial charge in [-0.2, -0.15) is 0 Å². The molecule has 0 saturated heterocycles. The molecule has 0 saturated carbocycles. The number of nitrogens with zero attached hydrogens (tertiary/aromatic N) is 2. The molecule has 0 unspecified atom stereocenters. The third kappa shape index (κ3) is 7.76. The molecule has 2 amide bonds. The predicted molar refractivity (Wildman–Crippen MR) is 158 cm³/mol. The molecule has 214 valence electrons. The molecule has 0 heterocycles. The van der Waals surface area contributed by atoms with Gasteiger partial charge in [0, 0.05) is 17.1 Å². The van der Waals surface area contributed by atoms with Gasteiger partial charge in [-0.1, -0.05) is 60.1 Å². The molecule has 40 heavy (non-hydrogen) atoms. The Balaban J connectivity index is 2.09. The SMILES string of the molecule is CCOc1ccccc1N(CC(=O)N(Cc1ccccc1Cl)[C@H](C)C(=O)NC(C)(C)C)S(=O)(=O)c1ccccc1. The van der Waals surface area contributed by atoms with Crippen molar-refractivity contribution in [2.75, 3.05) is 17.5 Å². The van der Waals surface area contributed by atoms with E-state index in [4.69, 9.17) is 16.3 Å². The molecular formula is C30H36ClN3O5S. The van der Waals surface area contributed by atoms with E-state index in [0.29, 0.717) is 22.9 Å². The minimum absolute atomic E-state index is 0.00354. The molecule has 0 spiro atoms. The highest BCUT2D eigenvalue weighted by Gasteiger charge is 2.34. The van der Waals surface area contributed by atoms with Crippen LogP contribution in [0.2, 0.25) is 5.02 Å². The zero-order valence-electron chi connectivity index (χ0n) is 23.4. The maximum Gasteiger partial charge on any atom is 0.264 e. The van der Waals surface area contributed by atoms with Crippen molar-refractivity contribution in [3.05, 3.63) is 89.4 Å². The lowest BCUT2D eigenvalue weighted by Crippen LogP contribution is -2.54. The van der Waals surface area contributed by atoms with Crippen LogP contribution in [0.5, 0.6) is 5.75 Å². The van der Waals surface area contributed by atoms with Gasteiger partial charge in [0.05, 0.1) is 17.2 Å². The monoisotopic (exact) mass is 585 g/mol. The molecular weight excluding hydrogens is 550 g/mol. The summed E-state index contributed by atoms with van der Waals surface area (Å²) in [6.45, 7) is 8.66. The van der Waals surface area contributed by atoms with Gasteiger partial charge < -0.3 is 15.0 Å². The minimum Gasteiger partial charge on any atom is -0.492 e. The van der Waals surface area contributed by atoms with Crippen molar-refractivity contribution >= 4 is 39.1 Å². The van der Waals surface area contributed by atoms with Crippen molar-refractivity contribution in [2.24, 2.45) is 0 Å². The molecule has 1 N–H and O–H groups in total. The van der Waals surface area contributed by atoms with E-state index in [1.54, 1.807) is 80.6 Å². The van der Waals surface area contributed by atoms with Gasteiger partial charge in [0.15, 0.2) is 0 Å². The van der Waals surface area contributed by atoms with Gasteiger partial charge in [-0.25, -0.2) is 8.42 Å². The smallest absolute Gasteiger partial charge is 0.264 e. The summed E-state index contributed by atoms with van der Waals surface area (Å²) in [5.41, 5.74) is 0.301. The van der Waals surface area contributed by atoms with E-state index >= 15 is 0 Å². The Bertz CT molecular complexity index is 1420. The molecule has 8 nitrogen and oxygen atoms in total. The third-order valence-corrected chi connectivity index (χ3v) is 8.15. The molecule has 0 aliphatic heterocycles. The van der Waals surface area contributed by atoms with Crippen molar-refractivity contribution in [1.29, 1.82) is 0 Å². The number of carbonyl (C=O) groups excluding carboxylic acids is 2. The summed E-state index contributed by atoms with van der Waals surface area (Å²) < 4.78 is 34.7. The van der Waals surface area contributed by atoms with Gasteiger partial charge in [0.1, 0.15) is 18.3 Å². The van der Waals surface area contributed by atoms with E-state index in [1.165, 1.54) is 17.0 Å². The number of para-hydroxylation sites is 2. The van der Waals surface area contributed by atoms with Crippen LogP contribution in [0.3, 0.4) is 0 Å². The first kappa shape index (κ1) is 31.0. The molecule has 0 fully saturated rings. The molecule has 3 aromatic rings. The number of sulfonamides is 1. The van der Waals surface area contributed by atoms with Crippen LogP contribution in [0.4, 0.5) is 5.69 Å². The average molecular weight is 586 g/mol. The first-order chi connectivity index (χ1) is 18.8. The minimum atomic E-state index is -4.20. The zero-order valence-corrected chi connectivity index (χ0v) is 25.0. The molecule has 3 aromatic carbocycles. The fourth-order valence-corrected chi connectivity index (χ4v) is 5.68. The van der Waals surface area contributed by atoms with Crippen LogP contribution in [-0.2, 0) is 26.2 Å². The van der Waals surface area contributed by atoms with E-state index in [-0.39, 0.29) is 23.0 Å². The number of hydrogen-bond acceptors (Lipinski definition) is 5. The van der Waals surface area contributed by atoms with Crippen molar-refractivity contribution < 1.29 is 22.7 Å². The highest BCUT2D eigenvalue weighted by atomic mass is 35.5. The number of rotatable bonds is 11. The topological polar surface area (TPSA) is 96.0 Å². The fourth-order valence-electron chi connectivity index (χ4n) is 4.04. The molecule has 1 atom stereocenters. The lowest BCUT2D eigenvalue weighted by atomic mass is 10.1. The molecule has 0 aliphatic carbocycles. The van der Waals surface area contributed by atoms with Crippen molar-refractivity contribution in [2.45, 2.75) is 57.6 Å². The predicted octanol–water partition coefficient (Wildman–Crippen LogP) is 5.27. The number of hydrogen-bond donors (Lipinski definition) is 1. The molecule has 10 heteroatoms. The van der Waals surface area contributed by atoms with E-state index < -0.39 is 34.1 Å². The summed E-state index contributed by atoms with van der Waals surface area (Å²) >= 11 is 6.41. The average Bonchev–Trinajstić information content (AvgIpc) is 2.91.